The molecule has 2 unspecified atom stereocenters. The van der Waals surface area contributed by atoms with Gasteiger partial charge in [0, 0.05) is 38.3 Å². The van der Waals surface area contributed by atoms with E-state index in [4.69, 9.17) is 4.74 Å². The van der Waals surface area contributed by atoms with Gasteiger partial charge < -0.3 is 10.1 Å². The van der Waals surface area contributed by atoms with E-state index in [-0.39, 0.29) is 0 Å². The van der Waals surface area contributed by atoms with E-state index in [1.807, 2.05) is 0 Å². The maximum atomic E-state index is 5.23. The monoisotopic (exact) mass is 200 g/mol. The summed E-state index contributed by atoms with van der Waals surface area (Å²) in [6.45, 7) is 11.0. The van der Waals surface area contributed by atoms with E-state index in [9.17, 15) is 0 Å². The van der Waals surface area contributed by atoms with Crippen molar-refractivity contribution < 1.29 is 4.74 Å². The first-order valence-corrected chi connectivity index (χ1v) is 5.60. The third kappa shape index (κ3) is 2.47. The zero-order chi connectivity index (χ0) is 10.6. The van der Waals surface area contributed by atoms with Gasteiger partial charge in [0.1, 0.15) is 0 Å². The normalized spacial score (nSPS) is 31.7. The number of piperazine rings is 1. The average molecular weight is 200 g/mol. The van der Waals surface area contributed by atoms with Crippen LogP contribution in [0.25, 0.3) is 0 Å². The van der Waals surface area contributed by atoms with Crippen molar-refractivity contribution in [3.05, 3.63) is 0 Å². The molecule has 0 radical (unpaired) electrons. The minimum Gasteiger partial charge on any atom is -0.383 e. The molecule has 1 aliphatic heterocycles. The van der Waals surface area contributed by atoms with Crippen LogP contribution in [0, 0.1) is 0 Å². The first-order chi connectivity index (χ1) is 6.64. The Hall–Kier alpha value is -0.120. The van der Waals surface area contributed by atoms with Gasteiger partial charge in [-0.05, 0) is 20.3 Å². The summed E-state index contributed by atoms with van der Waals surface area (Å²) in [7, 11) is 1.78. The molecule has 0 aromatic heterocycles. The number of rotatable bonds is 4. The molecule has 1 heterocycles. The van der Waals surface area contributed by atoms with Gasteiger partial charge in [-0.1, -0.05) is 6.92 Å². The SMILES string of the molecule is CCC1(C)CNCCN1C(C)COC. The summed E-state index contributed by atoms with van der Waals surface area (Å²) in [5.41, 5.74) is 0.302. The highest BCUT2D eigenvalue weighted by Gasteiger charge is 2.35. The summed E-state index contributed by atoms with van der Waals surface area (Å²) >= 11 is 0. The quantitative estimate of drug-likeness (QED) is 0.735. The molecular weight excluding hydrogens is 176 g/mol. The molecule has 84 valence electrons. The molecule has 1 rings (SSSR count). The van der Waals surface area contributed by atoms with Crippen LogP contribution in [0.3, 0.4) is 0 Å². The largest absolute Gasteiger partial charge is 0.383 e. The van der Waals surface area contributed by atoms with E-state index in [0.717, 1.165) is 26.2 Å². The van der Waals surface area contributed by atoms with Gasteiger partial charge in [-0.3, -0.25) is 4.90 Å². The van der Waals surface area contributed by atoms with E-state index >= 15 is 0 Å². The molecule has 1 N–H and O–H groups in total. The molecule has 0 aromatic carbocycles. The molecule has 0 bridgehead atoms. The van der Waals surface area contributed by atoms with Gasteiger partial charge in [-0.2, -0.15) is 0 Å². The Labute approximate surface area is 87.8 Å². The summed E-state index contributed by atoms with van der Waals surface area (Å²) in [6.07, 6.45) is 1.19. The Kier molecular flexibility index (Phi) is 4.35. The summed E-state index contributed by atoms with van der Waals surface area (Å²) in [6, 6.07) is 0.520. The van der Waals surface area contributed by atoms with Crippen molar-refractivity contribution in [1.29, 1.82) is 0 Å². The molecule has 14 heavy (non-hydrogen) atoms. The number of nitrogens with one attached hydrogen (secondary N) is 1. The van der Waals surface area contributed by atoms with Crippen LogP contribution < -0.4 is 5.32 Å². The zero-order valence-corrected chi connectivity index (χ0v) is 9.97. The van der Waals surface area contributed by atoms with Gasteiger partial charge in [0.25, 0.3) is 0 Å². The molecule has 3 nitrogen and oxygen atoms in total. The zero-order valence-electron chi connectivity index (χ0n) is 9.97. The van der Waals surface area contributed by atoms with Crippen molar-refractivity contribution in [2.24, 2.45) is 0 Å². The molecule has 0 aromatic rings. The van der Waals surface area contributed by atoms with Crippen molar-refractivity contribution >= 4 is 0 Å². The van der Waals surface area contributed by atoms with E-state index in [1.54, 1.807) is 7.11 Å². The van der Waals surface area contributed by atoms with Crippen LogP contribution in [0.15, 0.2) is 0 Å². The van der Waals surface area contributed by atoms with E-state index in [2.05, 4.69) is 31.0 Å². The number of methoxy groups -OCH3 is 1. The summed E-state index contributed by atoms with van der Waals surface area (Å²) in [5.74, 6) is 0. The van der Waals surface area contributed by atoms with Crippen molar-refractivity contribution in [2.45, 2.75) is 38.8 Å². The first kappa shape index (κ1) is 12.0. The predicted octanol–water partition coefficient (Wildman–Crippen LogP) is 1.10. The standard InChI is InChI=1S/C11H24N2O/c1-5-11(3)9-12-6-7-13(11)10(2)8-14-4/h10,12H,5-9H2,1-4H3. The summed E-state index contributed by atoms with van der Waals surface area (Å²) < 4.78 is 5.23. The first-order valence-electron chi connectivity index (χ1n) is 5.60. The van der Waals surface area contributed by atoms with Crippen LogP contribution in [0.5, 0.6) is 0 Å². The molecule has 0 saturated carbocycles. The minimum atomic E-state index is 0.302. The fourth-order valence-electron chi connectivity index (χ4n) is 2.34. The van der Waals surface area contributed by atoms with E-state index < -0.39 is 0 Å². The van der Waals surface area contributed by atoms with E-state index in [1.165, 1.54) is 6.42 Å². The van der Waals surface area contributed by atoms with Gasteiger partial charge in [0.05, 0.1) is 6.61 Å². The van der Waals surface area contributed by atoms with Crippen molar-refractivity contribution in [1.82, 2.24) is 10.2 Å². The highest BCUT2D eigenvalue weighted by Crippen LogP contribution is 2.23. The second-order valence-corrected chi connectivity index (χ2v) is 4.53. The van der Waals surface area contributed by atoms with Crippen LogP contribution in [0.4, 0.5) is 0 Å². The molecular formula is C11H24N2O. The lowest BCUT2D eigenvalue weighted by atomic mass is 9.92. The molecule has 0 aliphatic carbocycles. The molecule has 1 aliphatic rings. The van der Waals surface area contributed by atoms with Gasteiger partial charge in [-0.15, -0.1) is 0 Å². The maximum Gasteiger partial charge on any atom is 0.0615 e. The smallest absolute Gasteiger partial charge is 0.0615 e. The Morgan fingerprint density at radius 1 is 1.57 bits per heavy atom. The number of hydrogen-bond acceptors (Lipinski definition) is 3. The Morgan fingerprint density at radius 2 is 2.29 bits per heavy atom. The Morgan fingerprint density at radius 3 is 2.86 bits per heavy atom. The second kappa shape index (κ2) is 5.10. The number of ether oxygens (including phenoxy) is 1. The van der Waals surface area contributed by atoms with Crippen molar-refractivity contribution in [3.8, 4) is 0 Å². The maximum absolute atomic E-state index is 5.23. The fraction of sp³-hybridized carbons (Fsp3) is 1.00. The van der Waals surface area contributed by atoms with Crippen LogP contribution >= 0.6 is 0 Å². The third-order valence-corrected chi connectivity index (χ3v) is 3.43. The molecule has 2 atom stereocenters. The number of nitrogens with zero attached hydrogens (tertiary/aromatic N) is 1. The highest BCUT2D eigenvalue weighted by atomic mass is 16.5. The summed E-state index contributed by atoms with van der Waals surface area (Å²) in [5, 5.41) is 3.47. The second-order valence-electron chi connectivity index (χ2n) is 4.53. The minimum absolute atomic E-state index is 0.302. The molecule has 1 saturated heterocycles. The average Bonchev–Trinajstić information content (AvgIpc) is 2.19. The lowest BCUT2D eigenvalue weighted by Gasteiger charge is -2.48. The lowest BCUT2D eigenvalue weighted by Crippen LogP contribution is -2.62. The van der Waals surface area contributed by atoms with Crippen molar-refractivity contribution in [3.63, 3.8) is 0 Å². The fourth-order valence-corrected chi connectivity index (χ4v) is 2.34. The van der Waals surface area contributed by atoms with Crippen LogP contribution in [-0.4, -0.2) is 49.8 Å². The van der Waals surface area contributed by atoms with Gasteiger partial charge in [0.2, 0.25) is 0 Å². The van der Waals surface area contributed by atoms with Crippen LogP contribution in [0.1, 0.15) is 27.2 Å². The molecule has 1 fully saturated rings. The Balaban J connectivity index is 2.62. The molecule has 0 amide bonds. The van der Waals surface area contributed by atoms with Gasteiger partial charge >= 0.3 is 0 Å². The van der Waals surface area contributed by atoms with Crippen LogP contribution in [-0.2, 0) is 4.74 Å². The number of hydrogen-bond donors (Lipinski definition) is 1. The predicted molar refractivity (Wildman–Crippen MR) is 59.6 cm³/mol. The molecule has 3 heteroatoms. The third-order valence-electron chi connectivity index (χ3n) is 3.43. The van der Waals surface area contributed by atoms with Crippen LogP contribution in [0.2, 0.25) is 0 Å². The lowest BCUT2D eigenvalue weighted by molar-refractivity contribution is 0.00297. The Bertz CT molecular complexity index is 175. The van der Waals surface area contributed by atoms with E-state index in [0.29, 0.717) is 11.6 Å². The molecule has 0 spiro atoms. The van der Waals surface area contributed by atoms with Crippen molar-refractivity contribution in [2.75, 3.05) is 33.4 Å². The topological polar surface area (TPSA) is 24.5 Å². The van der Waals surface area contributed by atoms with Gasteiger partial charge in [-0.25, -0.2) is 0 Å². The van der Waals surface area contributed by atoms with Gasteiger partial charge in [0.15, 0.2) is 0 Å². The highest BCUT2D eigenvalue weighted by molar-refractivity contribution is 4.93. The summed E-state index contributed by atoms with van der Waals surface area (Å²) in [4.78, 5) is 2.58.